The third kappa shape index (κ3) is 3.41. The number of carbonyl (C=O) groups excluding carboxylic acids is 1. The van der Waals surface area contributed by atoms with Crippen molar-refractivity contribution in [1.29, 1.82) is 0 Å². The average molecular weight is 286 g/mol. The molecule has 0 atom stereocenters. The summed E-state index contributed by atoms with van der Waals surface area (Å²) in [6.45, 7) is 0.663. The van der Waals surface area contributed by atoms with Crippen LogP contribution < -0.4 is 5.32 Å². The standard InChI is InChI=1S/C20H16NO/c22-20(17-9-3-1-4-10-17)18-11-7-8-16(14-18)15-21-19-12-5-2-6-13-19/h1-12,14,21H,15H2. The van der Waals surface area contributed by atoms with Crippen LogP contribution in [0.2, 0.25) is 0 Å². The highest BCUT2D eigenvalue weighted by Crippen LogP contribution is 2.13. The van der Waals surface area contributed by atoms with Crippen LogP contribution in [0.4, 0.5) is 5.69 Å². The normalized spacial score (nSPS) is 10.2. The lowest BCUT2D eigenvalue weighted by atomic mass is 10.0. The molecular formula is C20H16NO. The summed E-state index contributed by atoms with van der Waals surface area (Å²) >= 11 is 0. The van der Waals surface area contributed by atoms with Crippen LogP contribution in [0, 0.1) is 6.07 Å². The van der Waals surface area contributed by atoms with E-state index < -0.39 is 0 Å². The number of nitrogens with one attached hydrogen (secondary N) is 1. The molecule has 0 saturated carbocycles. The van der Waals surface area contributed by atoms with Crippen molar-refractivity contribution in [3.8, 4) is 0 Å². The smallest absolute Gasteiger partial charge is 0.193 e. The Balaban J connectivity index is 1.74. The second-order valence-electron chi connectivity index (χ2n) is 5.03. The van der Waals surface area contributed by atoms with E-state index in [1.165, 1.54) is 0 Å². The molecule has 2 heteroatoms. The van der Waals surface area contributed by atoms with Crippen LogP contribution in [0.15, 0.2) is 78.9 Å². The summed E-state index contributed by atoms with van der Waals surface area (Å²) in [5.41, 5.74) is 3.44. The summed E-state index contributed by atoms with van der Waals surface area (Å²) < 4.78 is 0. The maximum atomic E-state index is 12.4. The molecule has 0 amide bonds. The Morgan fingerprint density at radius 3 is 2.41 bits per heavy atom. The van der Waals surface area contributed by atoms with Gasteiger partial charge in [0.25, 0.3) is 0 Å². The lowest BCUT2D eigenvalue weighted by Gasteiger charge is -2.08. The van der Waals surface area contributed by atoms with Gasteiger partial charge in [-0.1, -0.05) is 66.7 Å². The molecule has 107 valence electrons. The molecule has 0 heterocycles. The predicted octanol–water partition coefficient (Wildman–Crippen LogP) is 4.33. The SMILES string of the molecule is O=C(c1ccccc1)c1cccc(CNc2[c]cccc2)c1. The molecule has 0 aliphatic carbocycles. The minimum absolute atomic E-state index is 0.0497. The molecule has 3 rings (SSSR count). The number of carbonyl (C=O) groups is 1. The first-order valence-electron chi connectivity index (χ1n) is 7.22. The molecular weight excluding hydrogens is 270 g/mol. The van der Waals surface area contributed by atoms with Crippen molar-refractivity contribution in [1.82, 2.24) is 0 Å². The van der Waals surface area contributed by atoms with E-state index in [-0.39, 0.29) is 5.78 Å². The van der Waals surface area contributed by atoms with Gasteiger partial charge in [-0.05, 0) is 17.7 Å². The zero-order valence-electron chi connectivity index (χ0n) is 12.1. The highest BCUT2D eigenvalue weighted by atomic mass is 16.1. The Morgan fingerprint density at radius 1 is 0.864 bits per heavy atom. The fourth-order valence-electron chi connectivity index (χ4n) is 2.28. The molecule has 0 saturated heterocycles. The Hall–Kier alpha value is -2.87. The van der Waals surface area contributed by atoms with Gasteiger partial charge in [0.1, 0.15) is 0 Å². The Morgan fingerprint density at radius 2 is 1.64 bits per heavy atom. The number of ketones is 1. The highest BCUT2D eigenvalue weighted by Gasteiger charge is 2.08. The second kappa shape index (κ2) is 6.72. The lowest BCUT2D eigenvalue weighted by Crippen LogP contribution is -2.04. The maximum Gasteiger partial charge on any atom is 0.193 e. The van der Waals surface area contributed by atoms with Gasteiger partial charge in [-0.25, -0.2) is 0 Å². The zero-order chi connectivity index (χ0) is 15.2. The monoisotopic (exact) mass is 286 g/mol. The third-order valence-corrected chi connectivity index (χ3v) is 3.42. The summed E-state index contributed by atoms with van der Waals surface area (Å²) in [5, 5.41) is 3.30. The number of hydrogen-bond donors (Lipinski definition) is 1. The molecule has 22 heavy (non-hydrogen) atoms. The van der Waals surface area contributed by atoms with Gasteiger partial charge >= 0.3 is 0 Å². The third-order valence-electron chi connectivity index (χ3n) is 3.42. The van der Waals surface area contributed by atoms with E-state index >= 15 is 0 Å². The number of anilines is 1. The van der Waals surface area contributed by atoms with E-state index in [0.717, 1.165) is 11.3 Å². The van der Waals surface area contributed by atoms with Crippen LogP contribution in [0.3, 0.4) is 0 Å². The van der Waals surface area contributed by atoms with Crippen LogP contribution in [-0.4, -0.2) is 5.78 Å². The summed E-state index contributed by atoms with van der Waals surface area (Å²) in [4.78, 5) is 12.4. The van der Waals surface area contributed by atoms with Gasteiger partial charge in [-0.15, -0.1) is 0 Å². The molecule has 0 unspecified atom stereocenters. The van der Waals surface area contributed by atoms with Gasteiger partial charge in [0.15, 0.2) is 5.78 Å². The fourth-order valence-corrected chi connectivity index (χ4v) is 2.28. The maximum absolute atomic E-state index is 12.4. The zero-order valence-corrected chi connectivity index (χ0v) is 12.1. The molecule has 1 N–H and O–H groups in total. The van der Waals surface area contributed by atoms with Gasteiger partial charge in [0, 0.05) is 29.4 Å². The summed E-state index contributed by atoms with van der Waals surface area (Å²) in [7, 11) is 0. The van der Waals surface area contributed by atoms with E-state index in [0.29, 0.717) is 17.7 Å². The summed E-state index contributed by atoms with van der Waals surface area (Å²) in [5.74, 6) is 0.0497. The van der Waals surface area contributed by atoms with Crippen molar-refractivity contribution in [3.63, 3.8) is 0 Å². The molecule has 0 aliphatic rings. The van der Waals surface area contributed by atoms with E-state index in [9.17, 15) is 4.79 Å². The Labute approximate surface area is 130 Å². The van der Waals surface area contributed by atoms with Gasteiger partial charge < -0.3 is 5.32 Å². The van der Waals surface area contributed by atoms with Crippen molar-refractivity contribution in [2.24, 2.45) is 0 Å². The van der Waals surface area contributed by atoms with Crippen molar-refractivity contribution < 1.29 is 4.79 Å². The first kappa shape index (κ1) is 14.1. The van der Waals surface area contributed by atoms with E-state index in [1.54, 1.807) is 0 Å². The minimum Gasteiger partial charge on any atom is -0.380 e. The van der Waals surface area contributed by atoms with Crippen LogP contribution in [-0.2, 0) is 6.54 Å². The molecule has 0 fully saturated rings. The molecule has 2 nitrogen and oxygen atoms in total. The van der Waals surface area contributed by atoms with Crippen LogP contribution >= 0.6 is 0 Å². The first-order valence-corrected chi connectivity index (χ1v) is 7.22. The molecule has 0 aliphatic heterocycles. The summed E-state index contributed by atoms with van der Waals surface area (Å²) in [6.07, 6.45) is 0. The van der Waals surface area contributed by atoms with Gasteiger partial charge in [0.2, 0.25) is 0 Å². The van der Waals surface area contributed by atoms with Crippen molar-refractivity contribution >= 4 is 11.5 Å². The van der Waals surface area contributed by atoms with Crippen LogP contribution in [0.25, 0.3) is 0 Å². The van der Waals surface area contributed by atoms with Gasteiger partial charge in [-0.2, -0.15) is 0 Å². The van der Waals surface area contributed by atoms with Crippen molar-refractivity contribution in [3.05, 3.63) is 102 Å². The molecule has 1 radical (unpaired) electrons. The topological polar surface area (TPSA) is 29.1 Å². The van der Waals surface area contributed by atoms with Crippen molar-refractivity contribution in [2.45, 2.75) is 6.54 Å². The highest BCUT2D eigenvalue weighted by molar-refractivity contribution is 6.09. The van der Waals surface area contributed by atoms with Gasteiger partial charge in [0.05, 0.1) is 0 Å². The Kier molecular flexibility index (Phi) is 4.30. The van der Waals surface area contributed by atoms with Gasteiger partial charge in [-0.3, -0.25) is 4.79 Å². The number of para-hydroxylation sites is 1. The molecule has 0 bridgehead atoms. The second-order valence-corrected chi connectivity index (χ2v) is 5.03. The average Bonchev–Trinajstić information content (AvgIpc) is 2.61. The van der Waals surface area contributed by atoms with Crippen LogP contribution in [0.1, 0.15) is 21.5 Å². The van der Waals surface area contributed by atoms with Crippen LogP contribution in [0.5, 0.6) is 0 Å². The predicted molar refractivity (Wildman–Crippen MR) is 88.9 cm³/mol. The molecule has 0 aromatic heterocycles. The van der Waals surface area contributed by atoms with Crippen molar-refractivity contribution in [2.75, 3.05) is 5.32 Å². The fraction of sp³-hybridized carbons (Fsp3) is 0.0500. The molecule has 3 aromatic rings. The number of rotatable bonds is 5. The first-order chi connectivity index (χ1) is 10.8. The van der Waals surface area contributed by atoms with E-state index in [2.05, 4.69) is 11.4 Å². The number of hydrogen-bond acceptors (Lipinski definition) is 2. The van der Waals surface area contributed by atoms with E-state index in [4.69, 9.17) is 0 Å². The molecule has 3 aromatic carbocycles. The number of benzene rings is 3. The minimum atomic E-state index is 0.0497. The molecule has 0 spiro atoms. The lowest BCUT2D eigenvalue weighted by molar-refractivity contribution is 0.103. The summed E-state index contributed by atoms with van der Waals surface area (Å²) in [6, 6.07) is 27.9. The quantitative estimate of drug-likeness (QED) is 0.707. The largest absolute Gasteiger partial charge is 0.380 e. The van der Waals surface area contributed by atoms with E-state index in [1.807, 2.05) is 78.9 Å². The Bertz CT molecular complexity index is 751.